The highest BCUT2D eigenvalue weighted by molar-refractivity contribution is 5.97. The number of carbonyl (C=O) groups is 3. The Bertz CT molecular complexity index is 696. The summed E-state index contributed by atoms with van der Waals surface area (Å²) in [5.74, 6) is -2.09. The van der Waals surface area contributed by atoms with Crippen LogP contribution >= 0.6 is 0 Å². The highest BCUT2D eigenvalue weighted by Crippen LogP contribution is 2.26. The van der Waals surface area contributed by atoms with E-state index in [2.05, 4.69) is 10.1 Å². The molecule has 1 aromatic rings. The van der Waals surface area contributed by atoms with Gasteiger partial charge in [-0.2, -0.15) is 13.2 Å². The number of primary amides is 1. The molecule has 13 heteroatoms. The fourth-order valence-corrected chi connectivity index (χ4v) is 1.60. The summed E-state index contributed by atoms with van der Waals surface area (Å²) in [4.78, 5) is 33.9. The van der Waals surface area contributed by atoms with Crippen LogP contribution in [0.5, 0.6) is 5.75 Å². The van der Waals surface area contributed by atoms with Gasteiger partial charge in [-0.25, -0.2) is 13.6 Å². The number of rotatable bonds is 8. The van der Waals surface area contributed by atoms with Crippen LogP contribution in [0.15, 0.2) is 18.2 Å². The maximum atomic E-state index is 12.3. The Morgan fingerprint density at radius 2 is 1.85 bits per heavy atom. The van der Waals surface area contributed by atoms with Crippen molar-refractivity contribution in [2.24, 2.45) is 5.73 Å². The highest BCUT2D eigenvalue weighted by atomic mass is 19.4. The molecule has 1 rings (SSSR count). The molecular weight excluding hydrogens is 385 g/mol. The Morgan fingerprint density at radius 3 is 2.41 bits per heavy atom. The summed E-state index contributed by atoms with van der Waals surface area (Å²) in [6.07, 6.45) is -9.05. The summed E-state index contributed by atoms with van der Waals surface area (Å²) in [5.41, 5.74) is 4.85. The summed E-state index contributed by atoms with van der Waals surface area (Å²) in [5, 5.41) is 3.94. The van der Waals surface area contributed by atoms with Gasteiger partial charge in [-0.15, -0.1) is 0 Å². The Labute approximate surface area is 148 Å². The van der Waals surface area contributed by atoms with E-state index in [1.165, 1.54) is 6.07 Å². The molecule has 8 nitrogen and oxygen atoms in total. The lowest BCUT2D eigenvalue weighted by molar-refractivity contribution is -0.160. The number of benzene rings is 1. The van der Waals surface area contributed by atoms with E-state index in [0.717, 1.165) is 12.1 Å². The van der Waals surface area contributed by atoms with Gasteiger partial charge in [-0.3, -0.25) is 9.59 Å². The largest absolute Gasteiger partial charge is 0.485 e. The molecule has 0 aliphatic carbocycles. The van der Waals surface area contributed by atoms with Gasteiger partial charge in [0.25, 0.3) is 6.43 Å². The van der Waals surface area contributed by atoms with Crippen molar-refractivity contribution >= 4 is 23.6 Å². The molecule has 0 atom stereocenters. The van der Waals surface area contributed by atoms with E-state index in [0.29, 0.717) is 0 Å². The van der Waals surface area contributed by atoms with Crippen LogP contribution in [0.1, 0.15) is 10.4 Å². The predicted octanol–water partition coefficient (Wildman–Crippen LogP) is 1.66. The minimum Gasteiger partial charge on any atom is -0.485 e. The van der Waals surface area contributed by atoms with Crippen molar-refractivity contribution in [2.75, 3.05) is 25.1 Å². The van der Waals surface area contributed by atoms with Gasteiger partial charge in [0.05, 0.1) is 5.69 Å². The van der Waals surface area contributed by atoms with Crippen LogP contribution in [0.2, 0.25) is 0 Å². The van der Waals surface area contributed by atoms with Gasteiger partial charge in [-0.1, -0.05) is 0 Å². The van der Waals surface area contributed by atoms with Gasteiger partial charge in [-0.05, 0) is 18.2 Å². The Balaban J connectivity index is 2.68. The van der Waals surface area contributed by atoms with Gasteiger partial charge in [0.2, 0.25) is 11.8 Å². The van der Waals surface area contributed by atoms with E-state index in [1.54, 1.807) is 5.32 Å². The number of nitrogens with two attached hydrogens (primary N) is 1. The van der Waals surface area contributed by atoms with Crippen molar-refractivity contribution in [3.8, 4) is 5.75 Å². The van der Waals surface area contributed by atoms with E-state index >= 15 is 0 Å². The van der Waals surface area contributed by atoms with E-state index in [9.17, 15) is 36.3 Å². The molecule has 0 bridgehead atoms. The Hall–Kier alpha value is -3.12. The lowest BCUT2D eigenvalue weighted by atomic mass is 10.1. The number of nitrogens with one attached hydrogen (secondary N) is 2. The lowest BCUT2D eigenvalue weighted by Crippen LogP contribution is -2.35. The van der Waals surface area contributed by atoms with Crippen LogP contribution < -0.4 is 21.1 Å². The Kier molecular flexibility index (Phi) is 7.75. The van der Waals surface area contributed by atoms with Gasteiger partial charge >= 0.3 is 12.3 Å². The number of alkyl carbamates (subject to hydrolysis) is 1. The van der Waals surface area contributed by atoms with E-state index in [-0.39, 0.29) is 17.0 Å². The van der Waals surface area contributed by atoms with Crippen LogP contribution in [0.4, 0.5) is 32.4 Å². The van der Waals surface area contributed by atoms with Crippen molar-refractivity contribution in [3.05, 3.63) is 23.8 Å². The molecule has 27 heavy (non-hydrogen) atoms. The molecular formula is C14H14F5N3O5. The second-order valence-electron chi connectivity index (χ2n) is 4.87. The average Bonchev–Trinajstić information content (AvgIpc) is 2.56. The Morgan fingerprint density at radius 1 is 1.19 bits per heavy atom. The smallest absolute Gasteiger partial charge is 0.422 e. The van der Waals surface area contributed by atoms with Gasteiger partial charge < -0.3 is 25.8 Å². The van der Waals surface area contributed by atoms with Crippen LogP contribution in [0.3, 0.4) is 0 Å². The summed E-state index contributed by atoms with van der Waals surface area (Å²) >= 11 is 0. The van der Waals surface area contributed by atoms with Crippen LogP contribution in [-0.2, 0) is 9.53 Å². The molecule has 0 spiro atoms. The normalized spacial score (nSPS) is 11.0. The topological polar surface area (TPSA) is 120 Å². The van der Waals surface area contributed by atoms with Crippen LogP contribution in [0.25, 0.3) is 0 Å². The van der Waals surface area contributed by atoms with Gasteiger partial charge in [0.15, 0.2) is 6.61 Å². The molecule has 0 radical (unpaired) electrons. The first kappa shape index (κ1) is 21.9. The SMILES string of the molecule is NC(=O)c1ccc(NC(=O)CNC(=O)OCC(F)(F)F)c(OCC(F)F)c1. The number of ether oxygens (including phenoxy) is 2. The molecule has 0 heterocycles. The van der Waals surface area contributed by atoms with Crippen molar-refractivity contribution in [1.82, 2.24) is 5.32 Å². The second-order valence-corrected chi connectivity index (χ2v) is 4.87. The third-order valence-corrected chi connectivity index (χ3v) is 2.67. The number of amides is 3. The molecule has 0 aliphatic heterocycles. The molecule has 0 aromatic heterocycles. The molecule has 4 N–H and O–H groups in total. The molecule has 0 saturated heterocycles. The number of carbonyl (C=O) groups excluding carboxylic acids is 3. The molecule has 1 aromatic carbocycles. The molecule has 150 valence electrons. The molecule has 0 saturated carbocycles. The third kappa shape index (κ3) is 8.69. The first-order valence-electron chi connectivity index (χ1n) is 7.10. The van der Waals surface area contributed by atoms with Crippen LogP contribution in [-0.4, -0.2) is 50.3 Å². The molecule has 3 amide bonds. The summed E-state index contributed by atoms with van der Waals surface area (Å²) in [6, 6.07) is 3.34. The first-order chi connectivity index (χ1) is 12.5. The van der Waals surface area contributed by atoms with Crippen LogP contribution in [0, 0.1) is 0 Å². The maximum Gasteiger partial charge on any atom is 0.422 e. The molecule has 0 fully saturated rings. The minimum absolute atomic E-state index is 0.0777. The average molecular weight is 399 g/mol. The molecule has 0 aliphatic rings. The van der Waals surface area contributed by atoms with E-state index < -0.39 is 50.3 Å². The summed E-state index contributed by atoms with van der Waals surface area (Å²) < 4.78 is 68.8. The van der Waals surface area contributed by atoms with Gasteiger partial charge in [0, 0.05) is 5.56 Å². The van der Waals surface area contributed by atoms with Crippen molar-refractivity contribution in [2.45, 2.75) is 12.6 Å². The number of alkyl halides is 5. The zero-order valence-corrected chi connectivity index (χ0v) is 13.4. The zero-order valence-electron chi connectivity index (χ0n) is 13.4. The standard InChI is InChI=1S/C14H14F5N3O5/c15-10(16)5-26-9-3-7(12(20)24)1-2-8(9)22-11(23)4-21-13(25)27-6-14(17,18)19/h1-3,10H,4-6H2,(H2,20,24)(H,21,25)(H,22,23). The number of hydrogen-bond donors (Lipinski definition) is 3. The van der Waals surface area contributed by atoms with E-state index in [1.807, 2.05) is 0 Å². The summed E-state index contributed by atoms with van der Waals surface area (Å²) in [6.45, 7) is -3.64. The predicted molar refractivity (Wildman–Crippen MR) is 80.5 cm³/mol. The fourth-order valence-electron chi connectivity index (χ4n) is 1.60. The maximum absolute atomic E-state index is 12.3. The number of hydrogen-bond acceptors (Lipinski definition) is 5. The minimum atomic E-state index is -4.72. The zero-order chi connectivity index (χ0) is 20.6. The second kappa shape index (κ2) is 9.54. The van der Waals surface area contributed by atoms with E-state index in [4.69, 9.17) is 10.5 Å². The quantitative estimate of drug-likeness (QED) is 0.575. The first-order valence-corrected chi connectivity index (χ1v) is 7.10. The van der Waals surface area contributed by atoms with Crippen molar-refractivity contribution in [3.63, 3.8) is 0 Å². The lowest BCUT2D eigenvalue weighted by Gasteiger charge is -2.14. The van der Waals surface area contributed by atoms with Crippen molar-refractivity contribution < 1.29 is 45.8 Å². The number of anilines is 1. The van der Waals surface area contributed by atoms with Gasteiger partial charge in [0.1, 0.15) is 18.9 Å². The molecule has 0 unspecified atom stereocenters. The number of halogens is 5. The summed E-state index contributed by atoms with van der Waals surface area (Å²) in [7, 11) is 0. The fraction of sp³-hybridized carbons (Fsp3) is 0.357. The highest BCUT2D eigenvalue weighted by Gasteiger charge is 2.29. The monoisotopic (exact) mass is 399 g/mol. The van der Waals surface area contributed by atoms with Crippen molar-refractivity contribution in [1.29, 1.82) is 0 Å². The third-order valence-electron chi connectivity index (χ3n) is 2.67.